The van der Waals surface area contributed by atoms with E-state index in [-0.39, 0.29) is 5.82 Å². The summed E-state index contributed by atoms with van der Waals surface area (Å²) in [5.41, 5.74) is 1.66. The summed E-state index contributed by atoms with van der Waals surface area (Å²) in [5.74, 6) is 0.312. The first-order chi connectivity index (χ1) is 9.70. The van der Waals surface area contributed by atoms with Crippen LogP contribution in [0.3, 0.4) is 0 Å². The van der Waals surface area contributed by atoms with Crippen LogP contribution in [-0.4, -0.2) is 21.1 Å². The van der Waals surface area contributed by atoms with Crippen molar-refractivity contribution < 1.29 is 4.39 Å². The van der Waals surface area contributed by atoms with Gasteiger partial charge in [-0.1, -0.05) is 23.7 Å². The molecule has 20 heavy (non-hydrogen) atoms. The maximum Gasteiger partial charge on any atom is 0.243 e. The van der Waals surface area contributed by atoms with Crippen molar-refractivity contribution in [1.29, 1.82) is 0 Å². The van der Waals surface area contributed by atoms with Gasteiger partial charge in [0.1, 0.15) is 5.82 Å². The van der Waals surface area contributed by atoms with Gasteiger partial charge in [-0.15, -0.1) is 5.10 Å². The first kappa shape index (κ1) is 12.9. The highest BCUT2D eigenvalue weighted by Crippen LogP contribution is 2.11. The number of nitrogens with one attached hydrogen (secondary N) is 1. The number of fused-ring (bicyclic) bond motifs is 1. The first-order valence-electron chi connectivity index (χ1n) is 6.21. The van der Waals surface area contributed by atoms with Crippen molar-refractivity contribution in [3.8, 4) is 0 Å². The molecule has 0 amide bonds. The minimum Gasteiger partial charge on any atom is -0.353 e. The summed E-state index contributed by atoms with van der Waals surface area (Å²) in [6, 6.07) is 10.1. The van der Waals surface area contributed by atoms with E-state index >= 15 is 0 Å². The number of halogens is 2. The van der Waals surface area contributed by atoms with Gasteiger partial charge in [-0.2, -0.15) is 4.98 Å². The number of anilines is 1. The average Bonchev–Trinajstić information content (AvgIpc) is 2.80. The van der Waals surface area contributed by atoms with Gasteiger partial charge in [-0.25, -0.2) is 8.91 Å². The Morgan fingerprint density at radius 1 is 1.25 bits per heavy atom. The molecule has 3 rings (SSSR count). The lowest BCUT2D eigenvalue weighted by atomic mass is 10.1. The summed E-state index contributed by atoms with van der Waals surface area (Å²) >= 11 is 5.88. The molecule has 0 aliphatic heterocycles. The molecule has 0 saturated heterocycles. The minimum atomic E-state index is -0.219. The van der Waals surface area contributed by atoms with Crippen molar-refractivity contribution >= 4 is 23.2 Å². The third-order valence-corrected chi connectivity index (χ3v) is 3.10. The average molecular weight is 291 g/mol. The van der Waals surface area contributed by atoms with Crippen molar-refractivity contribution in [3.63, 3.8) is 0 Å². The van der Waals surface area contributed by atoms with Gasteiger partial charge in [0.05, 0.1) is 5.02 Å². The molecule has 0 atom stereocenters. The van der Waals surface area contributed by atoms with Crippen molar-refractivity contribution in [2.45, 2.75) is 6.42 Å². The van der Waals surface area contributed by atoms with E-state index in [0.717, 1.165) is 11.2 Å². The summed E-state index contributed by atoms with van der Waals surface area (Å²) in [6.07, 6.45) is 2.40. The van der Waals surface area contributed by atoms with Gasteiger partial charge in [-0.05, 0) is 36.2 Å². The number of aromatic nitrogens is 3. The predicted molar refractivity (Wildman–Crippen MR) is 76.6 cm³/mol. The molecule has 2 aromatic heterocycles. The van der Waals surface area contributed by atoms with Crippen LogP contribution in [-0.2, 0) is 6.42 Å². The highest BCUT2D eigenvalue weighted by Gasteiger charge is 2.03. The summed E-state index contributed by atoms with van der Waals surface area (Å²) in [4.78, 5) is 4.31. The van der Waals surface area contributed by atoms with Gasteiger partial charge in [0, 0.05) is 12.7 Å². The Hall–Kier alpha value is -2.14. The van der Waals surface area contributed by atoms with E-state index < -0.39 is 0 Å². The van der Waals surface area contributed by atoms with Crippen molar-refractivity contribution in [2.75, 3.05) is 11.9 Å². The van der Waals surface area contributed by atoms with Gasteiger partial charge in [0.2, 0.25) is 5.95 Å². The van der Waals surface area contributed by atoms with E-state index in [1.165, 1.54) is 12.1 Å². The largest absolute Gasteiger partial charge is 0.353 e. The Bertz CT molecular complexity index is 741. The van der Waals surface area contributed by atoms with Crippen LogP contribution < -0.4 is 5.32 Å². The fourth-order valence-electron chi connectivity index (χ4n) is 1.94. The molecule has 2 heterocycles. The number of hydrogen-bond acceptors (Lipinski definition) is 3. The van der Waals surface area contributed by atoms with Gasteiger partial charge in [0.25, 0.3) is 0 Å². The molecular weight excluding hydrogens is 279 g/mol. The van der Waals surface area contributed by atoms with Gasteiger partial charge in [-0.3, -0.25) is 0 Å². The second-order valence-corrected chi connectivity index (χ2v) is 4.83. The molecule has 0 unspecified atom stereocenters. The molecule has 0 radical (unpaired) electrons. The Balaban J connectivity index is 1.65. The molecule has 0 aliphatic carbocycles. The second-order valence-electron chi connectivity index (χ2n) is 4.39. The summed E-state index contributed by atoms with van der Waals surface area (Å²) in [7, 11) is 0. The Kier molecular flexibility index (Phi) is 3.52. The molecule has 0 fully saturated rings. The summed E-state index contributed by atoms with van der Waals surface area (Å²) in [6.45, 7) is 0.633. The number of nitrogens with zero attached hydrogens (tertiary/aromatic N) is 3. The van der Waals surface area contributed by atoms with E-state index in [4.69, 9.17) is 11.6 Å². The number of benzene rings is 1. The highest BCUT2D eigenvalue weighted by atomic mass is 35.5. The highest BCUT2D eigenvalue weighted by molar-refractivity contribution is 6.30. The molecule has 3 aromatic rings. The van der Waals surface area contributed by atoms with Gasteiger partial charge < -0.3 is 5.32 Å². The number of pyridine rings is 1. The van der Waals surface area contributed by atoms with Crippen LogP contribution in [0.4, 0.5) is 10.3 Å². The molecule has 1 aromatic carbocycles. The first-order valence-corrected chi connectivity index (χ1v) is 6.59. The Morgan fingerprint density at radius 3 is 3.00 bits per heavy atom. The van der Waals surface area contributed by atoms with Crippen LogP contribution in [0.25, 0.3) is 5.65 Å². The molecule has 0 saturated carbocycles. The molecule has 6 heteroatoms. The zero-order valence-electron chi connectivity index (χ0n) is 10.6. The maximum absolute atomic E-state index is 13.0. The van der Waals surface area contributed by atoms with E-state index in [9.17, 15) is 4.39 Å². The predicted octanol–water partition coefficient (Wildman–Crippen LogP) is 3.18. The molecule has 4 nitrogen and oxygen atoms in total. The molecule has 102 valence electrons. The second kappa shape index (κ2) is 5.46. The molecule has 0 bridgehead atoms. The standard InChI is InChI=1S/C14H12ClFN4/c15-11-4-5-13-18-14(19-20(13)9-11)17-7-6-10-2-1-3-12(16)8-10/h1-5,8-9H,6-7H2,(H,17,19). The SMILES string of the molecule is Fc1cccc(CCNc2nc3ccc(Cl)cn3n2)c1. The molecule has 0 aliphatic rings. The smallest absolute Gasteiger partial charge is 0.243 e. The minimum absolute atomic E-state index is 0.219. The van der Waals surface area contributed by atoms with Crippen LogP contribution in [0.2, 0.25) is 5.02 Å². The lowest BCUT2D eigenvalue weighted by Crippen LogP contribution is -2.06. The quantitative estimate of drug-likeness (QED) is 0.802. The Labute approximate surface area is 120 Å². The van der Waals surface area contributed by atoms with E-state index in [2.05, 4.69) is 15.4 Å². The maximum atomic E-state index is 13.0. The van der Waals surface area contributed by atoms with Crippen LogP contribution in [0.5, 0.6) is 0 Å². The van der Waals surface area contributed by atoms with Crippen LogP contribution in [0.15, 0.2) is 42.6 Å². The third-order valence-electron chi connectivity index (χ3n) is 2.88. The van der Waals surface area contributed by atoms with Gasteiger partial charge in [0.15, 0.2) is 5.65 Å². The zero-order chi connectivity index (χ0) is 13.9. The lowest BCUT2D eigenvalue weighted by molar-refractivity contribution is 0.625. The number of rotatable bonds is 4. The van der Waals surface area contributed by atoms with Crippen molar-refractivity contribution in [3.05, 3.63) is 59.0 Å². The van der Waals surface area contributed by atoms with Gasteiger partial charge >= 0.3 is 0 Å². The monoisotopic (exact) mass is 290 g/mol. The number of hydrogen-bond donors (Lipinski definition) is 1. The van der Waals surface area contributed by atoms with Crippen molar-refractivity contribution in [2.24, 2.45) is 0 Å². The lowest BCUT2D eigenvalue weighted by Gasteiger charge is -2.02. The third kappa shape index (κ3) is 2.88. The zero-order valence-corrected chi connectivity index (χ0v) is 11.3. The van der Waals surface area contributed by atoms with E-state index in [1.54, 1.807) is 28.9 Å². The van der Waals surface area contributed by atoms with Crippen LogP contribution >= 0.6 is 11.6 Å². The fraction of sp³-hybridized carbons (Fsp3) is 0.143. The Morgan fingerprint density at radius 2 is 2.15 bits per heavy atom. The molecule has 0 spiro atoms. The molecule has 1 N–H and O–H groups in total. The van der Waals surface area contributed by atoms with Crippen molar-refractivity contribution in [1.82, 2.24) is 14.6 Å². The summed E-state index contributed by atoms with van der Waals surface area (Å²) in [5, 5.41) is 7.98. The van der Waals surface area contributed by atoms with Crippen LogP contribution in [0.1, 0.15) is 5.56 Å². The summed E-state index contributed by atoms with van der Waals surface area (Å²) < 4.78 is 14.7. The van der Waals surface area contributed by atoms with E-state index in [0.29, 0.717) is 23.9 Å². The normalized spacial score (nSPS) is 10.9. The van der Waals surface area contributed by atoms with Crippen LogP contribution in [0, 0.1) is 5.82 Å². The molecular formula is C14H12ClFN4. The van der Waals surface area contributed by atoms with E-state index in [1.807, 2.05) is 6.07 Å². The fourth-order valence-corrected chi connectivity index (χ4v) is 2.10. The topological polar surface area (TPSA) is 42.2 Å².